The van der Waals surface area contributed by atoms with Gasteiger partial charge in [-0.1, -0.05) is 18.3 Å². The Kier molecular flexibility index (Phi) is 2.21. The zero-order valence-electron chi connectivity index (χ0n) is 6.93. The topological polar surface area (TPSA) is 45.8 Å². The number of pyridine rings is 1. The highest BCUT2D eigenvalue weighted by atomic mass is 79.9. The largest absolute Gasteiger partial charge is 0.312 e. The normalized spacial score (nSPS) is 10.9. The van der Waals surface area contributed by atoms with E-state index in [0.29, 0.717) is 0 Å². The number of H-pyrrole nitrogens is 1. The van der Waals surface area contributed by atoms with Gasteiger partial charge in [-0.15, -0.1) is 0 Å². The Morgan fingerprint density at radius 3 is 3.15 bits per heavy atom. The lowest BCUT2D eigenvalue weighted by Crippen LogP contribution is -2.10. The fourth-order valence-electron chi connectivity index (χ4n) is 1.17. The van der Waals surface area contributed by atoms with Crippen molar-refractivity contribution < 1.29 is 0 Å². The summed E-state index contributed by atoms with van der Waals surface area (Å²) in [5, 5.41) is 0. The highest BCUT2D eigenvalue weighted by Crippen LogP contribution is 2.23. The first-order valence-corrected chi connectivity index (χ1v) is 5.50. The molecule has 0 bridgehead atoms. The van der Waals surface area contributed by atoms with Gasteiger partial charge in [0.1, 0.15) is 4.83 Å². The van der Waals surface area contributed by atoms with Crippen LogP contribution >= 0.6 is 27.3 Å². The lowest BCUT2D eigenvalue weighted by Gasteiger charge is -1.93. The maximum absolute atomic E-state index is 11.4. The molecule has 2 aromatic heterocycles. The second-order valence-electron chi connectivity index (χ2n) is 2.66. The molecule has 0 aliphatic carbocycles. The van der Waals surface area contributed by atoms with Gasteiger partial charge in [-0.2, -0.15) is 0 Å². The summed E-state index contributed by atoms with van der Waals surface area (Å²) in [7, 11) is 0. The summed E-state index contributed by atoms with van der Waals surface area (Å²) in [5.41, 5.74) is 1.63. The Bertz CT molecular complexity index is 502. The molecular weight excluding hydrogens is 252 g/mol. The van der Waals surface area contributed by atoms with Crippen molar-refractivity contribution in [1.82, 2.24) is 9.97 Å². The van der Waals surface area contributed by atoms with Crippen molar-refractivity contribution in [3.05, 3.63) is 25.9 Å². The van der Waals surface area contributed by atoms with E-state index in [4.69, 9.17) is 0 Å². The summed E-state index contributed by atoms with van der Waals surface area (Å²) in [5.74, 6) is 0. The lowest BCUT2D eigenvalue weighted by atomic mass is 10.2. The average molecular weight is 259 g/mol. The maximum Gasteiger partial charge on any atom is 0.252 e. The molecule has 0 spiro atoms. The van der Waals surface area contributed by atoms with Crippen LogP contribution in [0.3, 0.4) is 0 Å². The van der Waals surface area contributed by atoms with Crippen molar-refractivity contribution >= 4 is 37.6 Å². The second-order valence-corrected chi connectivity index (χ2v) is 4.93. The van der Waals surface area contributed by atoms with E-state index in [-0.39, 0.29) is 5.56 Å². The van der Waals surface area contributed by atoms with Crippen molar-refractivity contribution in [3.8, 4) is 0 Å². The zero-order valence-corrected chi connectivity index (χ0v) is 9.33. The molecule has 0 radical (unpaired) electrons. The lowest BCUT2D eigenvalue weighted by molar-refractivity contribution is 1.08. The third kappa shape index (κ3) is 1.53. The van der Waals surface area contributed by atoms with Crippen molar-refractivity contribution in [1.29, 1.82) is 0 Å². The molecule has 0 atom stereocenters. The van der Waals surface area contributed by atoms with Gasteiger partial charge in [0.05, 0.1) is 5.52 Å². The maximum atomic E-state index is 11.4. The van der Waals surface area contributed by atoms with Gasteiger partial charge < -0.3 is 4.98 Å². The van der Waals surface area contributed by atoms with E-state index in [0.717, 1.165) is 26.2 Å². The molecule has 13 heavy (non-hydrogen) atoms. The number of nitrogens with zero attached hydrogens (tertiary/aromatic N) is 1. The van der Waals surface area contributed by atoms with Gasteiger partial charge >= 0.3 is 0 Å². The predicted molar refractivity (Wildman–Crippen MR) is 57.3 cm³/mol. The Morgan fingerprint density at radius 1 is 1.69 bits per heavy atom. The standard InChI is InChI=1S/C8H7BrN2OS/c1-2-4-3-5-7(11-6(4)12)13-8(9)10-5/h3H,2H2,1H3,(H,11,12). The van der Waals surface area contributed by atoms with Crippen LogP contribution in [0.25, 0.3) is 10.3 Å². The van der Waals surface area contributed by atoms with Crippen LogP contribution in [0.15, 0.2) is 14.8 Å². The van der Waals surface area contributed by atoms with Crippen LogP contribution in [0.5, 0.6) is 0 Å². The van der Waals surface area contributed by atoms with Gasteiger partial charge in [-0.3, -0.25) is 4.79 Å². The Morgan fingerprint density at radius 2 is 2.46 bits per heavy atom. The Balaban J connectivity index is 2.80. The minimum absolute atomic E-state index is 0.00819. The molecule has 68 valence electrons. The Labute approximate surface area is 87.0 Å². The van der Waals surface area contributed by atoms with E-state index < -0.39 is 0 Å². The molecule has 5 heteroatoms. The number of thiazole rings is 1. The number of aryl methyl sites for hydroxylation is 1. The van der Waals surface area contributed by atoms with Crippen LogP contribution in [0, 0.1) is 0 Å². The number of fused-ring (bicyclic) bond motifs is 1. The van der Waals surface area contributed by atoms with Gasteiger partial charge in [0.15, 0.2) is 3.92 Å². The van der Waals surface area contributed by atoms with E-state index in [9.17, 15) is 4.79 Å². The molecule has 0 fully saturated rings. The summed E-state index contributed by atoms with van der Waals surface area (Å²) in [6, 6.07) is 1.84. The summed E-state index contributed by atoms with van der Waals surface area (Å²) in [6.45, 7) is 1.96. The van der Waals surface area contributed by atoms with E-state index in [1.54, 1.807) is 0 Å². The SMILES string of the molecule is CCc1cc2nc(Br)sc2[nH]c1=O. The van der Waals surface area contributed by atoms with E-state index >= 15 is 0 Å². The van der Waals surface area contributed by atoms with Crippen molar-refractivity contribution in [2.45, 2.75) is 13.3 Å². The molecule has 0 saturated heterocycles. The highest BCUT2D eigenvalue weighted by Gasteiger charge is 2.05. The molecular formula is C8H7BrN2OS. The third-order valence-corrected chi connectivity index (χ3v) is 3.28. The van der Waals surface area contributed by atoms with Gasteiger partial charge in [0, 0.05) is 5.56 Å². The van der Waals surface area contributed by atoms with Crippen LogP contribution < -0.4 is 5.56 Å². The van der Waals surface area contributed by atoms with Gasteiger partial charge in [0.2, 0.25) is 0 Å². The fourth-order valence-corrected chi connectivity index (χ4v) is 2.51. The van der Waals surface area contributed by atoms with Crippen LogP contribution in [-0.4, -0.2) is 9.97 Å². The predicted octanol–water partition coefficient (Wildman–Crippen LogP) is 2.31. The van der Waals surface area contributed by atoms with Crippen molar-refractivity contribution in [3.63, 3.8) is 0 Å². The molecule has 0 aliphatic heterocycles. The average Bonchev–Trinajstić information content (AvgIpc) is 2.42. The number of halogens is 1. The van der Waals surface area contributed by atoms with Gasteiger partial charge in [-0.25, -0.2) is 4.98 Å². The van der Waals surface area contributed by atoms with Gasteiger partial charge in [0.25, 0.3) is 5.56 Å². The summed E-state index contributed by atoms with van der Waals surface area (Å²) < 4.78 is 0.798. The molecule has 0 unspecified atom stereocenters. The van der Waals surface area contributed by atoms with Crippen molar-refractivity contribution in [2.24, 2.45) is 0 Å². The monoisotopic (exact) mass is 258 g/mol. The van der Waals surface area contributed by atoms with E-state index in [1.165, 1.54) is 11.3 Å². The summed E-state index contributed by atoms with van der Waals surface area (Å²) in [4.78, 5) is 19.2. The molecule has 3 nitrogen and oxygen atoms in total. The second kappa shape index (κ2) is 3.23. The number of hydrogen-bond acceptors (Lipinski definition) is 3. The molecule has 0 amide bonds. The first kappa shape index (κ1) is 8.90. The number of hydrogen-bond donors (Lipinski definition) is 1. The van der Waals surface area contributed by atoms with E-state index in [1.807, 2.05) is 13.0 Å². The minimum atomic E-state index is -0.00819. The molecule has 0 saturated carbocycles. The van der Waals surface area contributed by atoms with Crippen LogP contribution in [0.2, 0.25) is 0 Å². The molecule has 2 rings (SSSR count). The van der Waals surface area contributed by atoms with Gasteiger partial charge in [-0.05, 0) is 28.4 Å². The molecule has 1 N–H and O–H groups in total. The molecule has 2 heterocycles. The van der Waals surface area contributed by atoms with Crippen molar-refractivity contribution in [2.75, 3.05) is 0 Å². The number of aromatic amines is 1. The smallest absolute Gasteiger partial charge is 0.252 e. The summed E-state index contributed by atoms with van der Waals surface area (Å²) in [6.07, 6.45) is 0.737. The highest BCUT2D eigenvalue weighted by molar-refractivity contribution is 9.11. The quantitative estimate of drug-likeness (QED) is 0.854. The van der Waals surface area contributed by atoms with Crippen LogP contribution in [0.4, 0.5) is 0 Å². The van der Waals surface area contributed by atoms with E-state index in [2.05, 4.69) is 25.9 Å². The fraction of sp³-hybridized carbons (Fsp3) is 0.250. The first-order valence-electron chi connectivity index (χ1n) is 3.89. The van der Waals surface area contributed by atoms with Crippen LogP contribution in [0.1, 0.15) is 12.5 Å². The number of aromatic nitrogens is 2. The number of rotatable bonds is 1. The van der Waals surface area contributed by atoms with Crippen LogP contribution in [-0.2, 0) is 6.42 Å². The molecule has 0 aromatic carbocycles. The summed E-state index contributed by atoms with van der Waals surface area (Å²) >= 11 is 4.72. The minimum Gasteiger partial charge on any atom is -0.312 e. The zero-order chi connectivity index (χ0) is 9.42. The third-order valence-electron chi connectivity index (χ3n) is 1.84. The number of nitrogens with one attached hydrogen (secondary N) is 1. The Hall–Kier alpha value is -0.680. The molecule has 2 aromatic rings. The molecule has 0 aliphatic rings. The first-order chi connectivity index (χ1) is 6.20.